The predicted molar refractivity (Wildman–Crippen MR) is 84.9 cm³/mol. The van der Waals surface area contributed by atoms with Crippen LogP contribution in [0.15, 0.2) is 24.3 Å². The zero-order chi connectivity index (χ0) is 13.9. The molecule has 3 rings (SSSR count). The number of hydrogen-bond donors (Lipinski definition) is 1. The SMILES string of the molecule is NCC(c1cccc(Cl)c1)N1CCCC1C1CCCC1. The molecule has 1 aromatic rings. The first-order valence-electron chi connectivity index (χ1n) is 8.01. The van der Waals surface area contributed by atoms with Crippen molar-refractivity contribution in [3.63, 3.8) is 0 Å². The Morgan fingerprint density at radius 2 is 2.00 bits per heavy atom. The van der Waals surface area contributed by atoms with E-state index in [4.69, 9.17) is 17.3 Å². The van der Waals surface area contributed by atoms with Crippen molar-refractivity contribution in [2.24, 2.45) is 11.7 Å². The third-order valence-corrected chi connectivity index (χ3v) is 5.38. The molecule has 1 heterocycles. The van der Waals surface area contributed by atoms with Gasteiger partial charge in [-0.3, -0.25) is 4.90 Å². The monoisotopic (exact) mass is 292 g/mol. The van der Waals surface area contributed by atoms with E-state index in [1.165, 1.54) is 50.6 Å². The summed E-state index contributed by atoms with van der Waals surface area (Å²) < 4.78 is 0. The second kappa shape index (κ2) is 6.46. The van der Waals surface area contributed by atoms with Gasteiger partial charge in [0.2, 0.25) is 0 Å². The number of benzene rings is 1. The van der Waals surface area contributed by atoms with E-state index >= 15 is 0 Å². The van der Waals surface area contributed by atoms with E-state index in [1.807, 2.05) is 12.1 Å². The average Bonchev–Trinajstić information content (AvgIpc) is 3.10. The first-order valence-corrected chi connectivity index (χ1v) is 8.38. The van der Waals surface area contributed by atoms with Gasteiger partial charge in [-0.05, 0) is 55.8 Å². The van der Waals surface area contributed by atoms with Crippen LogP contribution in [0.5, 0.6) is 0 Å². The largest absolute Gasteiger partial charge is 0.329 e. The maximum atomic E-state index is 6.16. The molecule has 3 heteroatoms. The maximum Gasteiger partial charge on any atom is 0.0474 e. The summed E-state index contributed by atoms with van der Waals surface area (Å²) >= 11 is 6.16. The predicted octanol–water partition coefficient (Wildman–Crippen LogP) is 3.99. The van der Waals surface area contributed by atoms with Gasteiger partial charge < -0.3 is 5.73 Å². The summed E-state index contributed by atoms with van der Waals surface area (Å²) in [4.78, 5) is 2.67. The summed E-state index contributed by atoms with van der Waals surface area (Å²) in [5, 5.41) is 0.817. The number of rotatable bonds is 4. The molecule has 110 valence electrons. The molecule has 1 aliphatic carbocycles. The van der Waals surface area contributed by atoms with Crippen molar-refractivity contribution >= 4 is 11.6 Å². The normalized spacial score (nSPS) is 26.2. The Balaban J connectivity index is 1.80. The Kier molecular flexibility index (Phi) is 4.65. The van der Waals surface area contributed by atoms with Crippen molar-refractivity contribution in [1.29, 1.82) is 0 Å². The first-order chi connectivity index (χ1) is 9.79. The lowest BCUT2D eigenvalue weighted by molar-refractivity contribution is 0.138. The lowest BCUT2D eigenvalue weighted by atomic mass is 9.94. The van der Waals surface area contributed by atoms with E-state index in [0.717, 1.165) is 17.0 Å². The fourth-order valence-corrected chi connectivity index (χ4v) is 4.43. The molecule has 1 saturated heterocycles. The standard InChI is InChI=1S/C17H25ClN2/c18-15-8-3-7-14(11-15)17(12-19)20-10-4-9-16(20)13-5-1-2-6-13/h3,7-8,11,13,16-17H,1-2,4-6,9-10,12,19H2. The van der Waals surface area contributed by atoms with Crippen LogP contribution in [0.1, 0.15) is 50.1 Å². The Labute approximate surface area is 127 Å². The molecule has 1 aliphatic heterocycles. The van der Waals surface area contributed by atoms with E-state index in [2.05, 4.69) is 17.0 Å². The second-order valence-electron chi connectivity index (χ2n) is 6.30. The van der Waals surface area contributed by atoms with Crippen molar-refractivity contribution in [1.82, 2.24) is 4.90 Å². The molecule has 0 bridgehead atoms. The summed E-state index contributed by atoms with van der Waals surface area (Å²) in [6.07, 6.45) is 8.32. The van der Waals surface area contributed by atoms with Gasteiger partial charge in [0.1, 0.15) is 0 Å². The highest BCUT2D eigenvalue weighted by Crippen LogP contribution is 2.39. The van der Waals surface area contributed by atoms with Crippen LogP contribution < -0.4 is 5.73 Å². The molecule has 2 N–H and O–H groups in total. The van der Waals surface area contributed by atoms with Crippen LogP contribution in [0.3, 0.4) is 0 Å². The highest BCUT2D eigenvalue weighted by molar-refractivity contribution is 6.30. The van der Waals surface area contributed by atoms with E-state index in [0.29, 0.717) is 12.6 Å². The average molecular weight is 293 g/mol. The van der Waals surface area contributed by atoms with Crippen molar-refractivity contribution in [2.75, 3.05) is 13.1 Å². The Morgan fingerprint density at radius 3 is 2.70 bits per heavy atom. The molecule has 20 heavy (non-hydrogen) atoms. The summed E-state index contributed by atoms with van der Waals surface area (Å²) in [6.45, 7) is 1.87. The van der Waals surface area contributed by atoms with Crippen LogP contribution in [-0.4, -0.2) is 24.0 Å². The fourth-order valence-electron chi connectivity index (χ4n) is 4.23. The molecule has 1 saturated carbocycles. The number of nitrogens with zero attached hydrogens (tertiary/aromatic N) is 1. The Hall–Kier alpha value is -0.570. The van der Waals surface area contributed by atoms with Gasteiger partial charge in [-0.1, -0.05) is 36.6 Å². The van der Waals surface area contributed by atoms with Gasteiger partial charge >= 0.3 is 0 Å². The Morgan fingerprint density at radius 1 is 1.20 bits per heavy atom. The zero-order valence-electron chi connectivity index (χ0n) is 12.1. The minimum atomic E-state index is 0.335. The zero-order valence-corrected chi connectivity index (χ0v) is 12.9. The van der Waals surface area contributed by atoms with E-state index in [9.17, 15) is 0 Å². The topological polar surface area (TPSA) is 29.3 Å². The van der Waals surface area contributed by atoms with E-state index in [1.54, 1.807) is 0 Å². The second-order valence-corrected chi connectivity index (χ2v) is 6.73. The molecule has 1 aromatic carbocycles. The van der Waals surface area contributed by atoms with Gasteiger partial charge in [0.15, 0.2) is 0 Å². The van der Waals surface area contributed by atoms with Crippen LogP contribution in [0.2, 0.25) is 5.02 Å². The quantitative estimate of drug-likeness (QED) is 0.909. The first kappa shape index (κ1) is 14.4. The molecule has 0 spiro atoms. The lowest BCUT2D eigenvalue weighted by Gasteiger charge is -2.36. The molecule has 2 fully saturated rings. The van der Waals surface area contributed by atoms with Crippen molar-refractivity contribution in [3.8, 4) is 0 Å². The molecule has 0 amide bonds. The number of likely N-dealkylation sites (tertiary alicyclic amines) is 1. The number of halogens is 1. The molecular weight excluding hydrogens is 268 g/mol. The number of hydrogen-bond acceptors (Lipinski definition) is 2. The lowest BCUT2D eigenvalue weighted by Crippen LogP contribution is -2.40. The van der Waals surface area contributed by atoms with E-state index in [-0.39, 0.29) is 0 Å². The summed E-state index contributed by atoms with van der Waals surface area (Å²) in [5.41, 5.74) is 7.39. The molecule has 0 radical (unpaired) electrons. The van der Waals surface area contributed by atoms with Crippen molar-refractivity contribution in [3.05, 3.63) is 34.9 Å². The minimum absolute atomic E-state index is 0.335. The molecule has 0 aromatic heterocycles. The highest BCUT2D eigenvalue weighted by Gasteiger charge is 2.36. The molecular formula is C17H25ClN2. The highest BCUT2D eigenvalue weighted by atomic mass is 35.5. The van der Waals surface area contributed by atoms with Crippen LogP contribution in [-0.2, 0) is 0 Å². The third-order valence-electron chi connectivity index (χ3n) is 5.14. The van der Waals surface area contributed by atoms with Gasteiger partial charge in [-0.15, -0.1) is 0 Å². The minimum Gasteiger partial charge on any atom is -0.329 e. The van der Waals surface area contributed by atoms with Crippen molar-refractivity contribution < 1.29 is 0 Å². The Bertz CT molecular complexity index is 442. The van der Waals surface area contributed by atoms with Crippen LogP contribution in [0, 0.1) is 5.92 Å². The van der Waals surface area contributed by atoms with Crippen LogP contribution >= 0.6 is 11.6 Å². The molecule has 2 nitrogen and oxygen atoms in total. The smallest absolute Gasteiger partial charge is 0.0474 e. The van der Waals surface area contributed by atoms with Gasteiger partial charge in [-0.25, -0.2) is 0 Å². The van der Waals surface area contributed by atoms with Gasteiger partial charge in [0.25, 0.3) is 0 Å². The fraction of sp³-hybridized carbons (Fsp3) is 0.647. The number of nitrogens with two attached hydrogens (primary N) is 1. The molecule has 2 unspecified atom stereocenters. The summed E-state index contributed by atoms with van der Waals surface area (Å²) in [6, 6.07) is 9.32. The van der Waals surface area contributed by atoms with Gasteiger partial charge in [0.05, 0.1) is 0 Å². The molecule has 2 atom stereocenters. The third kappa shape index (κ3) is 2.88. The summed E-state index contributed by atoms with van der Waals surface area (Å²) in [5.74, 6) is 0.894. The van der Waals surface area contributed by atoms with Gasteiger partial charge in [0, 0.05) is 23.7 Å². The van der Waals surface area contributed by atoms with Crippen LogP contribution in [0.4, 0.5) is 0 Å². The van der Waals surface area contributed by atoms with E-state index < -0.39 is 0 Å². The maximum absolute atomic E-state index is 6.16. The van der Waals surface area contributed by atoms with Crippen molar-refractivity contribution in [2.45, 2.75) is 50.6 Å². The summed E-state index contributed by atoms with van der Waals surface area (Å²) in [7, 11) is 0. The van der Waals surface area contributed by atoms with Gasteiger partial charge in [-0.2, -0.15) is 0 Å². The molecule has 2 aliphatic rings. The van der Waals surface area contributed by atoms with Crippen LogP contribution in [0.25, 0.3) is 0 Å².